The van der Waals surface area contributed by atoms with E-state index in [0.29, 0.717) is 12.3 Å². The zero-order valence-electron chi connectivity index (χ0n) is 21.7. The van der Waals surface area contributed by atoms with Crippen molar-refractivity contribution in [1.82, 2.24) is 4.98 Å². The molecule has 2 rings (SSSR count). The fraction of sp³-hybridized carbons (Fsp3) is 0.440. The highest BCUT2D eigenvalue weighted by molar-refractivity contribution is 6.30. The Balaban J connectivity index is 0.000000560. The molecule has 2 aromatic rings. The Morgan fingerprint density at radius 1 is 1.19 bits per heavy atom. The van der Waals surface area contributed by atoms with Crippen molar-refractivity contribution in [3.8, 4) is 17.2 Å². The third-order valence-corrected chi connectivity index (χ3v) is 4.28. The van der Waals surface area contributed by atoms with E-state index in [1.54, 1.807) is 0 Å². The molecule has 0 bridgehead atoms. The highest BCUT2D eigenvalue weighted by Gasteiger charge is 2.16. The molecule has 1 unspecified atom stereocenters. The number of phenols is 1. The summed E-state index contributed by atoms with van der Waals surface area (Å²) in [5, 5.41) is 8.87. The molecule has 0 fully saturated rings. The molecule has 1 aromatic heterocycles. The van der Waals surface area contributed by atoms with Gasteiger partial charge < -0.3 is 29.8 Å². The number of aromatic hydroxyl groups is 1. The molecule has 3 N–H and O–H groups in total. The third kappa shape index (κ3) is 15.2. The van der Waals surface area contributed by atoms with Gasteiger partial charge in [-0.3, -0.25) is 14.4 Å². The zero-order valence-corrected chi connectivity index (χ0v) is 22.5. The summed E-state index contributed by atoms with van der Waals surface area (Å²) in [5.74, 6) is -1.13. The molecule has 1 aromatic carbocycles. The Morgan fingerprint density at radius 2 is 1.84 bits per heavy atom. The molecule has 10 nitrogen and oxygen atoms in total. The topological polar surface area (TPSA) is 147 Å². The van der Waals surface area contributed by atoms with Crippen molar-refractivity contribution >= 4 is 29.4 Å². The second kappa shape index (κ2) is 17.8. The Kier molecular flexibility index (Phi) is 16.0. The number of aromatic nitrogens is 1. The molecule has 0 radical (unpaired) electrons. The Morgan fingerprint density at radius 3 is 2.30 bits per heavy atom. The SMILES string of the molecule is CCC(=O)OC(C)CC(C)C.COc1ccnc(C(N)=O)c1OCOC(C)=O.Oc1cc(F)cc(Cl)c1. The predicted molar refractivity (Wildman–Crippen MR) is 135 cm³/mol. The number of hydrogen-bond acceptors (Lipinski definition) is 9. The van der Waals surface area contributed by atoms with Crippen LogP contribution in [0.4, 0.5) is 4.39 Å². The molecule has 0 aliphatic heterocycles. The van der Waals surface area contributed by atoms with E-state index in [-0.39, 0.29) is 46.8 Å². The molecular formula is C25H34ClFN2O8. The van der Waals surface area contributed by atoms with Crippen molar-refractivity contribution in [2.24, 2.45) is 11.7 Å². The standard InChI is InChI=1S/C10H12N2O5.C9H18O2.C6H4ClFO/c1-6(13)16-5-17-9-7(15-2)3-4-12-8(9)10(11)14;1-5-9(10)11-8(4)6-7(2)3;7-4-1-5(8)3-6(9)2-4/h3-4H,5H2,1-2H3,(H2,11,14);7-8H,5-6H2,1-4H3;1-3,9H. The van der Waals surface area contributed by atoms with E-state index in [0.717, 1.165) is 18.6 Å². The van der Waals surface area contributed by atoms with Crippen molar-refractivity contribution in [2.45, 2.75) is 53.6 Å². The number of carbonyl (C=O) groups excluding carboxylic acids is 3. The zero-order chi connectivity index (χ0) is 28.5. The first-order valence-electron chi connectivity index (χ1n) is 11.2. The third-order valence-electron chi connectivity index (χ3n) is 4.06. The quantitative estimate of drug-likeness (QED) is 0.340. The molecular weight excluding hydrogens is 511 g/mol. The number of esters is 2. The highest BCUT2D eigenvalue weighted by Crippen LogP contribution is 2.29. The number of primary amides is 1. The first kappa shape index (κ1) is 33.4. The van der Waals surface area contributed by atoms with Crippen molar-refractivity contribution in [3.63, 3.8) is 0 Å². The maximum Gasteiger partial charge on any atom is 0.305 e. The van der Waals surface area contributed by atoms with Crippen LogP contribution < -0.4 is 15.2 Å². The average Bonchev–Trinajstić information content (AvgIpc) is 2.78. The van der Waals surface area contributed by atoms with Gasteiger partial charge in [0.15, 0.2) is 17.2 Å². The number of ether oxygens (including phenoxy) is 4. The molecule has 1 atom stereocenters. The van der Waals surface area contributed by atoms with Gasteiger partial charge >= 0.3 is 11.9 Å². The number of pyridine rings is 1. The van der Waals surface area contributed by atoms with Crippen LogP contribution in [-0.4, -0.2) is 47.9 Å². The van der Waals surface area contributed by atoms with E-state index in [9.17, 15) is 18.8 Å². The van der Waals surface area contributed by atoms with Gasteiger partial charge in [-0.15, -0.1) is 0 Å². The van der Waals surface area contributed by atoms with Crippen molar-refractivity contribution in [2.75, 3.05) is 13.9 Å². The fourth-order valence-electron chi connectivity index (χ4n) is 2.64. The van der Waals surface area contributed by atoms with E-state index in [1.165, 1.54) is 32.4 Å². The normalized spacial score (nSPS) is 10.6. The summed E-state index contributed by atoms with van der Waals surface area (Å²) in [6.45, 7) is 8.88. The van der Waals surface area contributed by atoms with Crippen LogP contribution >= 0.6 is 11.6 Å². The second-order valence-corrected chi connectivity index (χ2v) is 8.30. The van der Waals surface area contributed by atoms with Crippen LogP contribution in [0.5, 0.6) is 17.2 Å². The van der Waals surface area contributed by atoms with Crippen molar-refractivity contribution in [3.05, 3.63) is 47.0 Å². The number of nitrogens with zero attached hydrogens (tertiary/aromatic N) is 1. The Labute approximate surface area is 220 Å². The lowest BCUT2D eigenvalue weighted by Gasteiger charge is -2.14. The van der Waals surface area contributed by atoms with Crippen LogP contribution in [0.2, 0.25) is 5.02 Å². The Hall–Kier alpha value is -3.60. The first-order chi connectivity index (χ1) is 17.3. The van der Waals surface area contributed by atoms with Crippen LogP contribution in [0.1, 0.15) is 57.9 Å². The number of carbonyl (C=O) groups is 3. The summed E-state index contributed by atoms with van der Waals surface area (Å²) in [7, 11) is 1.40. The number of rotatable bonds is 9. The predicted octanol–water partition coefficient (Wildman–Crippen LogP) is 4.65. The molecule has 0 spiro atoms. The minimum absolute atomic E-state index is 0.0451. The fourth-order valence-corrected chi connectivity index (χ4v) is 2.85. The lowest BCUT2D eigenvalue weighted by molar-refractivity contribution is -0.149. The molecule has 0 aliphatic rings. The number of amides is 1. The van der Waals surface area contributed by atoms with Gasteiger partial charge in [-0.1, -0.05) is 32.4 Å². The van der Waals surface area contributed by atoms with E-state index in [1.807, 2.05) is 13.8 Å². The van der Waals surface area contributed by atoms with Gasteiger partial charge in [-0.05, 0) is 31.4 Å². The van der Waals surface area contributed by atoms with Gasteiger partial charge in [0.2, 0.25) is 6.79 Å². The maximum atomic E-state index is 12.2. The molecule has 1 heterocycles. The molecule has 206 valence electrons. The first-order valence-corrected chi connectivity index (χ1v) is 11.6. The number of hydrogen-bond donors (Lipinski definition) is 2. The number of halogens is 2. The van der Waals surface area contributed by atoms with E-state index < -0.39 is 17.7 Å². The second-order valence-electron chi connectivity index (χ2n) is 7.86. The monoisotopic (exact) mass is 544 g/mol. The summed E-state index contributed by atoms with van der Waals surface area (Å²) in [4.78, 5) is 36.2. The minimum Gasteiger partial charge on any atom is -0.508 e. The lowest BCUT2D eigenvalue weighted by Crippen LogP contribution is -2.17. The number of benzene rings is 1. The smallest absolute Gasteiger partial charge is 0.305 e. The van der Waals surface area contributed by atoms with Crippen LogP contribution in [-0.2, 0) is 19.1 Å². The van der Waals surface area contributed by atoms with Gasteiger partial charge in [0.05, 0.1) is 13.2 Å². The van der Waals surface area contributed by atoms with Gasteiger partial charge in [-0.25, -0.2) is 9.37 Å². The average molecular weight is 545 g/mol. The molecule has 1 amide bonds. The lowest BCUT2D eigenvalue weighted by atomic mass is 10.1. The van der Waals surface area contributed by atoms with Gasteiger partial charge in [0.25, 0.3) is 5.91 Å². The highest BCUT2D eigenvalue weighted by atomic mass is 35.5. The van der Waals surface area contributed by atoms with Crippen molar-refractivity contribution < 1.29 is 42.8 Å². The molecule has 12 heteroatoms. The van der Waals surface area contributed by atoms with E-state index in [2.05, 4.69) is 23.6 Å². The van der Waals surface area contributed by atoms with Gasteiger partial charge in [0.1, 0.15) is 11.6 Å². The summed E-state index contributed by atoms with van der Waals surface area (Å²) in [6.07, 6.45) is 2.86. The summed E-state index contributed by atoms with van der Waals surface area (Å²) in [5.41, 5.74) is 5.04. The summed E-state index contributed by atoms with van der Waals surface area (Å²) >= 11 is 5.35. The van der Waals surface area contributed by atoms with E-state index in [4.69, 9.17) is 36.7 Å². The summed E-state index contributed by atoms with van der Waals surface area (Å²) < 4.78 is 31.9. The van der Waals surface area contributed by atoms with Crippen LogP contribution in [0.25, 0.3) is 0 Å². The summed E-state index contributed by atoms with van der Waals surface area (Å²) in [6, 6.07) is 4.88. The van der Waals surface area contributed by atoms with Crippen LogP contribution in [0, 0.1) is 11.7 Å². The van der Waals surface area contributed by atoms with Crippen molar-refractivity contribution in [1.29, 1.82) is 0 Å². The molecule has 37 heavy (non-hydrogen) atoms. The minimum atomic E-state index is -0.762. The van der Waals surface area contributed by atoms with Crippen LogP contribution in [0.3, 0.4) is 0 Å². The van der Waals surface area contributed by atoms with Gasteiger partial charge in [0, 0.05) is 36.7 Å². The number of methoxy groups -OCH3 is 1. The van der Waals surface area contributed by atoms with E-state index >= 15 is 0 Å². The molecule has 0 aliphatic carbocycles. The Bertz CT molecular complexity index is 970. The molecule has 0 saturated carbocycles. The maximum absolute atomic E-state index is 12.2. The van der Waals surface area contributed by atoms with Gasteiger partial charge in [-0.2, -0.15) is 0 Å². The molecule has 0 saturated heterocycles. The largest absolute Gasteiger partial charge is 0.508 e. The number of phenolic OH excluding ortho intramolecular Hbond substituents is 1. The number of nitrogens with two attached hydrogens (primary N) is 1. The van der Waals surface area contributed by atoms with Crippen LogP contribution in [0.15, 0.2) is 30.5 Å².